The van der Waals surface area contributed by atoms with Gasteiger partial charge in [0, 0.05) is 23.5 Å². The molecular weight excluding hydrogens is 352 g/mol. The first kappa shape index (κ1) is 19.1. The van der Waals surface area contributed by atoms with Crippen LogP contribution in [-0.2, 0) is 13.1 Å². The molecule has 5 heteroatoms. The summed E-state index contributed by atoms with van der Waals surface area (Å²) in [6.07, 6.45) is 0. The first-order valence-corrected chi connectivity index (χ1v) is 9.54. The highest BCUT2D eigenvalue weighted by atomic mass is 32.1. The number of hydrogen-bond donors (Lipinski definition) is 2. The molecule has 0 unspecified atom stereocenters. The van der Waals surface area contributed by atoms with Crippen molar-refractivity contribution in [1.82, 2.24) is 15.1 Å². The number of rotatable bonds is 5. The minimum Gasteiger partial charge on any atom is -0.358 e. The third kappa shape index (κ3) is 4.74. The molecule has 0 aliphatic heterocycles. The van der Waals surface area contributed by atoms with Crippen molar-refractivity contribution in [2.45, 2.75) is 40.8 Å². The Bertz CT molecular complexity index is 944. The lowest BCUT2D eigenvalue weighted by molar-refractivity contribution is 0.657. The second kappa shape index (κ2) is 8.35. The van der Waals surface area contributed by atoms with Crippen molar-refractivity contribution in [2.75, 3.05) is 5.32 Å². The highest BCUT2D eigenvalue weighted by Crippen LogP contribution is 2.17. The minimum atomic E-state index is 0.623. The number of hydrogen-bond acceptors (Lipinski definition) is 2. The van der Waals surface area contributed by atoms with Crippen molar-refractivity contribution >= 4 is 23.0 Å². The maximum Gasteiger partial charge on any atom is 0.171 e. The van der Waals surface area contributed by atoms with Crippen molar-refractivity contribution in [1.29, 1.82) is 0 Å². The molecule has 0 saturated heterocycles. The van der Waals surface area contributed by atoms with E-state index in [1.54, 1.807) is 0 Å². The lowest BCUT2D eigenvalue weighted by atomic mass is 10.1. The van der Waals surface area contributed by atoms with E-state index in [1.807, 2.05) is 13.0 Å². The number of nitrogens with one attached hydrogen (secondary N) is 2. The second-order valence-electron chi connectivity index (χ2n) is 6.92. The van der Waals surface area contributed by atoms with Gasteiger partial charge in [-0.2, -0.15) is 5.10 Å². The molecule has 140 valence electrons. The lowest BCUT2D eigenvalue weighted by Crippen LogP contribution is -2.28. The molecule has 1 heterocycles. The molecule has 0 aliphatic rings. The Morgan fingerprint density at radius 2 is 1.78 bits per heavy atom. The van der Waals surface area contributed by atoms with Gasteiger partial charge in [-0.15, -0.1) is 0 Å². The first-order chi connectivity index (χ1) is 12.9. The molecule has 0 radical (unpaired) electrons. The molecule has 1 aromatic heterocycles. The zero-order valence-electron chi connectivity index (χ0n) is 16.3. The summed E-state index contributed by atoms with van der Waals surface area (Å²) in [6, 6.07) is 16.7. The summed E-state index contributed by atoms with van der Waals surface area (Å²) in [7, 11) is 0. The van der Waals surface area contributed by atoms with E-state index in [2.05, 4.69) is 78.6 Å². The molecule has 0 amide bonds. The van der Waals surface area contributed by atoms with Crippen LogP contribution in [0.4, 0.5) is 5.69 Å². The molecule has 0 aliphatic carbocycles. The Balaban J connectivity index is 1.65. The molecular formula is C22H26N4S. The molecule has 2 aromatic carbocycles. The number of thiocarbonyl (C=S) groups is 1. The van der Waals surface area contributed by atoms with Gasteiger partial charge in [0.15, 0.2) is 5.11 Å². The van der Waals surface area contributed by atoms with Crippen LogP contribution in [0.5, 0.6) is 0 Å². The van der Waals surface area contributed by atoms with E-state index >= 15 is 0 Å². The van der Waals surface area contributed by atoms with E-state index < -0.39 is 0 Å². The van der Waals surface area contributed by atoms with Crippen LogP contribution in [0.15, 0.2) is 48.5 Å². The molecule has 0 saturated carbocycles. The number of anilines is 1. The van der Waals surface area contributed by atoms with Crippen molar-refractivity contribution in [3.63, 3.8) is 0 Å². The van der Waals surface area contributed by atoms with E-state index in [-0.39, 0.29) is 0 Å². The molecule has 27 heavy (non-hydrogen) atoms. The van der Waals surface area contributed by atoms with Crippen LogP contribution in [0, 0.1) is 27.7 Å². The predicted octanol–water partition coefficient (Wildman–Crippen LogP) is 4.65. The molecule has 3 rings (SSSR count). The molecule has 3 aromatic rings. The Hall–Kier alpha value is -2.66. The Labute approximate surface area is 166 Å². The summed E-state index contributed by atoms with van der Waals surface area (Å²) in [5, 5.41) is 11.9. The molecule has 0 fully saturated rings. The number of aromatic nitrogens is 2. The van der Waals surface area contributed by atoms with Crippen LogP contribution < -0.4 is 10.6 Å². The maximum atomic E-state index is 5.49. The molecule has 0 spiro atoms. The largest absolute Gasteiger partial charge is 0.358 e. The van der Waals surface area contributed by atoms with E-state index in [0.717, 1.165) is 17.9 Å². The lowest BCUT2D eigenvalue weighted by Gasteiger charge is -2.13. The van der Waals surface area contributed by atoms with Gasteiger partial charge in [0.25, 0.3) is 0 Å². The van der Waals surface area contributed by atoms with E-state index in [1.165, 1.54) is 27.9 Å². The number of benzene rings is 2. The van der Waals surface area contributed by atoms with Gasteiger partial charge in [-0.25, -0.2) is 0 Å². The molecule has 0 atom stereocenters. The fraction of sp³-hybridized carbons (Fsp3) is 0.273. The fourth-order valence-electron chi connectivity index (χ4n) is 3.11. The Morgan fingerprint density at radius 1 is 1.04 bits per heavy atom. The zero-order chi connectivity index (χ0) is 19.4. The Kier molecular flexibility index (Phi) is 5.91. The van der Waals surface area contributed by atoms with Gasteiger partial charge >= 0.3 is 0 Å². The van der Waals surface area contributed by atoms with Gasteiger partial charge in [0.2, 0.25) is 0 Å². The summed E-state index contributed by atoms with van der Waals surface area (Å²) in [6.45, 7) is 9.75. The molecule has 0 bridgehead atoms. The number of nitrogens with zero attached hydrogens (tertiary/aromatic N) is 2. The first-order valence-electron chi connectivity index (χ1n) is 9.13. The SMILES string of the molecule is Cc1ccc(C)c(NC(=S)NCc2c(C)nn(Cc3ccccc3)c2C)c1. The zero-order valence-corrected chi connectivity index (χ0v) is 17.2. The summed E-state index contributed by atoms with van der Waals surface area (Å²) >= 11 is 5.49. The smallest absolute Gasteiger partial charge is 0.171 e. The van der Waals surface area contributed by atoms with Gasteiger partial charge in [0.05, 0.1) is 12.2 Å². The van der Waals surface area contributed by atoms with Gasteiger partial charge in [-0.1, -0.05) is 42.5 Å². The average Bonchev–Trinajstić information content (AvgIpc) is 2.90. The van der Waals surface area contributed by atoms with Gasteiger partial charge in [-0.3, -0.25) is 4.68 Å². The third-order valence-electron chi connectivity index (χ3n) is 4.77. The quantitative estimate of drug-likeness (QED) is 0.634. The van der Waals surface area contributed by atoms with E-state index in [4.69, 9.17) is 17.3 Å². The van der Waals surface area contributed by atoms with Crippen LogP contribution in [0.1, 0.15) is 33.6 Å². The van der Waals surface area contributed by atoms with E-state index in [0.29, 0.717) is 11.7 Å². The van der Waals surface area contributed by atoms with Gasteiger partial charge in [0.1, 0.15) is 0 Å². The molecule has 4 nitrogen and oxygen atoms in total. The topological polar surface area (TPSA) is 41.9 Å². The average molecular weight is 379 g/mol. The van der Waals surface area contributed by atoms with Crippen molar-refractivity contribution in [2.24, 2.45) is 0 Å². The van der Waals surface area contributed by atoms with Crippen molar-refractivity contribution < 1.29 is 0 Å². The van der Waals surface area contributed by atoms with Crippen LogP contribution in [0.3, 0.4) is 0 Å². The van der Waals surface area contributed by atoms with E-state index in [9.17, 15) is 0 Å². The van der Waals surface area contributed by atoms with Gasteiger partial charge in [-0.05, 0) is 62.7 Å². The Morgan fingerprint density at radius 3 is 2.52 bits per heavy atom. The van der Waals surface area contributed by atoms with Crippen LogP contribution >= 0.6 is 12.2 Å². The summed E-state index contributed by atoms with van der Waals surface area (Å²) in [5.41, 5.74) is 8.06. The summed E-state index contributed by atoms with van der Waals surface area (Å²) in [4.78, 5) is 0. The summed E-state index contributed by atoms with van der Waals surface area (Å²) in [5.74, 6) is 0. The predicted molar refractivity (Wildman–Crippen MR) is 116 cm³/mol. The maximum absolute atomic E-state index is 5.49. The molecule has 2 N–H and O–H groups in total. The van der Waals surface area contributed by atoms with Crippen LogP contribution in [0.2, 0.25) is 0 Å². The van der Waals surface area contributed by atoms with Crippen molar-refractivity contribution in [3.8, 4) is 0 Å². The normalized spacial score (nSPS) is 10.7. The second-order valence-corrected chi connectivity index (χ2v) is 7.33. The standard InChI is InChI=1S/C22H26N4S/c1-15-10-11-16(2)21(12-15)24-22(27)23-13-20-17(3)25-26(18(20)4)14-19-8-6-5-7-9-19/h5-12H,13-14H2,1-4H3,(H2,23,24,27). The highest BCUT2D eigenvalue weighted by Gasteiger charge is 2.12. The third-order valence-corrected chi connectivity index (χ3v) is 5.02. The van der Waals surface area contributed by atoms with Crippen LogP contribution in [0.25, 0.3) is 0 Å². The number of aryl methyl sites for hydroxylation is 3. The van der Waals surface area contributed by atoms with Crippen molar-refractivity contribution in [3.05, 3.63) is 82.2 Å². The minimum absolute atomic E-state index is 0.623. The van der Waals surface area contributed by atoms with Crippen LogP contribution in [-0.4, -0.2) is 14.9 Å². The monoisotopic (exact) mass is 378 g/mol. The fourth-order valence-corrected chi connectivity index (χ4v) is 3.29. The highest BCUT2D eigenvalue weighted by molar-refractivity contribution is 7.80. The van der Waals surface area contributed by atoms with Gasteiger partial charge < -0.3 is 10.6 Å². The summed E-state index contributed by atoms with van der Waals surface area (Å²) < 4.78 is 2.06.